The van der Waals surface area contributed by atoms with Gasteiger partial charge in [0, 0.05) is 12.1 Å². The molecule has 0 aromatic rings. The molecule has 0 heterocycles. The van der Waals surface area contributed by atoms with Gasteiger partial charge in [0.05, 0.1) is 12.9 Å². The van der Waals surface area contributed by atoms with Crippen LogP contribution in [0.5, 0.6) is 0 Å². The predicted molar refractivity (Wildman–Crippen MR) is 47.9 cm³/mol. The first-order valence-electron chi connectivity index (χ1n) is 3.39. The van der Waals surface area contributed by atoms with Gasteiger partial charge < -0.3 is 10.5 Å². The molecule has 0 fully saturated rings. The van der Waals surface area contributed by atoms with Gasteiger partial charge in [-0.1, -0.05) is 18.7 Å². The van der Waals surface area contributed by atoms with Crippen molar-refractivity contribution in [3.63, 3.8) is 0 Å². The summed E-state index contributed by atoms with van der Waals surface area (Å²) in [4.78, 5) is 0. The Labute approximate surface area is 68.0 Å². The highest BCUT2D eigenvalue weighted by Crippen LogP contribution is 2.09. The smallest absolute Gasteiger partial charge is 0.0924 e. The highest BCUT2D eigenvalue weighted by Gasteiger charge is 1.93. The standard InChI is InChI=1S/C9H15NO/c1-7(5-8(2)10)6-9(3)11-4/h5H,2-3,6,10H2,1,4H3/b7-5+. The molecule has 62 valence electrons. The van der Waals surface area contributed by atoms with E-state index in [1.165, 1.54) is 0 Å². The third kappa shape index (κ3) is 5.27. The summed E-state index contributed by atoms with van der Waals surface area (Å²) < 4.78 is 4.90. The van der Waals surface area contributed by atoms with Crippen LogP contribution in [-0.2, 0) is 4.74 Å². The molecule has 0 rings (SSSR count). The van der Waals surface area contributed by atoms with Gasteiger partial charge in [0.15, 0.2) is 0 Å². The lowest BCUT2D eigenvalue weighted by Crippen LogP contribution is -1.92. The van der Waals surface area contributed by atoms with Crippen LogP contribution in [0.25, 0.3) is 0 Å². The summed E-state index contributed by atoms with van der Waals surface area (Å²) in [6.07, 6.45) is 2.52. The predicted octanol–water partition coefficient (Wildman–Crippen LogP) is 1.96. The van der Waals surface area contributed by atoms with Gasteiger partial charge in [-0.25, -0.2) is 0 Å². The summed E-state index contributed by atoms with van der Waals surface area (Å²) >= 11 is 0. The van der Waals surface area contributed by atoms with Crippen LogP contribution < -0.4 is 5.73 Å². The Morgan fingerprint density at radius 1 is 1.55 bits per heavy atom. The number of ether oxygens (including phenoxy) is 1. The van der Waals surface area contributed by atoms with Crippen molar-refractivity contribution in [1.82, 2.24) is 0 Å². The van der Waals surface area contributed by atoms with Crippen LogP contribution in [0.3, 0.4) is 0 Å². The maximum Gasteiger partial charge on any atom is 0.0924 e. The van der Waals surface area contributed by atoms with Gasteiger partial charge in [-0.05, 0) is 13.0 Å². The maximum atomic E-state index is 5.37. The van der Waals surface area contributed by atoms with E-state index in [9.17, 15) is 0 Å². The molecule has 0 aliphatic carbocycles. The molecule has 0 aromatic carbocycles. The van der Waals surface area contributed by atoms with Crippen molar-refractivity contribution in [2.45, 2.75) is 13.3 Å². The van der Waals surface area contributed by atoms with Gasteiger partial charge >= 0.3 is 0 Å². The van der Waals surface area contributed by atoms with E-state index in [-0.39, 0.29) is 0 Å². The van der Waals surface area contributed by atoms with Gasteiger partial charge in [-0.15, -0.1) is 0 Å². The van der Waals surface area contributed by atoms with E-state index in [0.717, 1.165) is 11.3 Å². The average molecular weight is 153 g/mol. The second-order valence-corrected chi connectivity index (χ2v) is 2.49. The normalized spacial score (nSPS) is 10.9. The average Bonchev–Trinajstić information content (AvgIpc) is 1.85. The minimum Gasteiger partial charge on any atom is -0.501 e. The van der Waals surface area contributed by atoms with Crippen molar-refractivity contribution < 1.29 is 4.74 Å². The summed E-state index contributed by atoms with van der Waals surface area (Å²) in [5.41, 5.74) is 7.03. The van der Waals surface area contributed by atoms with Crippen molar-refractivity contribution >= 4 is 0 Å². The van der Waals surface area contributed by atoms with Crippen molar-refractivity contribution in [3.8, 4) is 0 Å². The zero-order valence-corrected chi connectivity index (χ0v) is 7.18. The zero-order valence-electron chi connectivity index (χ0n) is 7.18. The molecule has 0 aliphatic rings. The maximum absolute atomic E-state index is 5.37. The van der Waals surface area contributed by atoms with Crippen molar-refractivity contribution in [1.29, 1.82) is 0 Å². The fourth-order valence-corrected chi connectivity index (χ4v) is 0.751. The molecule has 0 saturated carbocycles. The Kier molecular flexibility index (Phi) is 4.11. The van der Waals surface area contributed by atoms with Crippen LogP contribution in [0.15, 0.2) is 36.3 Å². The minimum absolute atomic E-state index is 0.561. The van der Waals surface area contributed by atoms with Crippen molar-refractivity contribution in [2.24, 2.45) is 5.73 Å². The van der Waals surface area contributed by atoms with Crippen LogP contribution in [0.2, 0.25) is 0 Å². The SMILES string of the molecule is C=C(N)/C=C(\C)CC(=C)OC. The van der Waals surface area contributed by atoms with Gasteiger partial charge in [0.1, 0.15) is 0 Å². The summed E-state index contributed by atoms with van der Waals surface area (Å²) in [5.74, 6) is 0.736. The first kappa shape index (κ1) is 9.82. The molecule has 2 nitrogen and oxygen atoms in total. The van der Waals surface area contributed by atoms with Crippen LogP contribution in [0.4, 0.5) is 0 Å². The monoisotopic (exact) mass is 153 g/mol. The number of rotatable bonds is 4. The van der Waals surface area contributed by atoms with Crippen molar-refractivity contribution in [2.75, 3.05) is 7.11 Å². The quantitative estimate of drug-likeness (QED) is 0.495. The lowest BCUT2D eigenvalue weighted by atomic mass is 10.2. The molecule has 2 heteroatoms. The molecule has 0 radical (unpaired) electrons. The van der Waals surface area contributed by atoms with Crippen LogP contribution in [-0.4, -0.2) is 7.11 Å². The Morgan fingerprint density at radius 3 is 2.45 bits per heavy atom. The molecule has 0 spiro atoms. The molecule has 11 heavy (non-hydrogen) atoms. The highest BCUT2D eigenvalue weighted by molar-refractivity contribution is 5.18. The second-order valence-electron chi connectivity index (χ2n) is 2.49. The van der Waals surface area contributed by atoms with Crippen LogP contribution in [0, 0.1) is 0 Å². The lowest BCUT2D eigenvalue weighted by molar-refractivity contribution is 0.285. The molecule has 0 amide bonds. The van der Waals surface area contributed by atoms with E-state index in [1.54, 1.807) is 7.11 Å². The molecule has 0 aromatic heterocycles. The third-order valence-electron chi connectivity index (χ3n) is 1.20. The summed E-state index contributed by atoms with van der Waals surface area (Å²) in [6, 6.07) is 0. The number of methoxy groups -OCH3 is 1. The molecular formula is C9H15NO. The fraction of sp³-hybridized carbons (Fsp3) is 0.333. The molecule has 0 unspecified atom stereocenters. The molecule has 0 atom stereocenters. The van der Waals surface area contributed by atoms with Gasteiger partial charge in [-0.2, -0.15) is 0 Å². The topological polar surface area (TPSA) is 35.2 Å². The highest BCUT2D eigenvalue weighted by atomic mass is 16.5. The number of nitrogens with two attached hydrogens (primary N) is 1. The third-order valence-corrected chi connectivity index (χ3v) is 1.20. The van der Waals surface area contributed by atoms with Crippen molar-refractivity contribution in [3.05, 3.63) is 36.3 Å². The molecule has 2 N–H and O–H groups in total. The molecule has 0 aliphatic heterocycles. The molecule has 0 bridgehead atoms. The summed E-state index contributed by atoms with van der Waals surface area (Å²) in [7, 11) is 1.60. The molecular weight excluding hydrogens is 138 g/mol. The van der Waals surface area contributed by atoms with E-state index in [0.29, 0.717) is 12.1 Å². The van der Waals surface area contributed by atoms with Crippen LogP contribution in [0.1, 0.15) is 13.3 Å². The van der Waals surface area contributed by atoms with Gasteiger partial charge in [-0.3, -0.25) is 0 Å². The first-order valence-corrected chi connectivity index (χ1v) is 3.39. The number of hydrogen-bond donors (Lipinski definition) is 1. The van der Waals surface area contributed by atoms with E-state index in [1.807, 2.05) is 13.0 Å². The Hall–Kier alpha value is -1.18. The number of hydrogen-bond acceptors (Lipinski definition) is 2. The Bertz CT molecular complexity index is 192. The second kappa shape index (κ2) is 4.61. The molecule has 0 saturated heterocycles. The Morgan fingerprint density at radius 2 is 2.09 bits per heavy atom. The van der Waals surface area contributed by atoms with Gasteiger partial charge in [0.2, 0.25) is 0 Å². The fourth-order valence-electron chi connectivity index (χ4n) is 0.751. The Balaban J connectivity index is 3.96. The first-order chi connectivity index (χ1) is 5.06. The van der Waals surface area contributed by atoms with E-state index in [4.69, 9.17) is 10.5 Å². The minimum atomic E-state index is 0.561. The van der Waals surface area contributed by atoms with Gasteiger partial charge in [0.25, 0.3) is 0 Å². The zero-order chi connectivity index (χ0) is 8.85. The largest absolute Gasteiger partial charge is 0.501 e. The van der Waals surface area contributed by atoms with Crippen LogP contribution >= 0.6 is 0 Å². The lowest BCUT2D eigenvalue weighted by Gasteiger charge is -2.03. The van der Waals surface area contributed by atoms with E-state index in [2.05, 4.69) is 13.2 Å². The summed E-state index contributed by atoms with van der Waals surface area (Å²) in [6.45, 7) is 9.21. The summed E-state index contributed by atoms with van der Waals surface area (Å²) in [5, 5.41) is 0. The van der Waals surface area contributed by atoms with E-state index >= 15 is 0 Å². The van der Waals surface area contributed by atoms with E-state index < -0.39 is 0 Å². The number of allylic oxidation sites excluding steroid dienone is 2.